The summed E-state index contributed by atoms with van der Waals surface area (Å²) in [5.74, 6) is 1.94. The molecule has 0 aliphatic heterocycles. The van der Waals surface area contributed by atoms with Crippen molar-refractivity contribution in [2.24, 2.45) is 0 Å². The fourth-order valence-corrected chi connectivity index (χ4v) is 2.59. The molecule has 3 rings (SSSR count). The van der Waals surface area contributed by atoms with E-state index in [1.165, 1.54) is 17.0 Å². The van der Waals surface area contributed by atoms with Crippen molar-refractivity contribution in [3.63, 3.8) is 0 Å². The molecule has 4 nitrogen and oxygen atoms in total. The van der Waals surface area contributed by atoms with Crippen molar-refractivity contribution in [3.8, 4) is 0 Å². The monoisotopic (exact) mass is 284 g/mol. The second-order valence-corrected chi connectivity index (χ2v) is 5.24. The molecule has 0 amide bonds. The number of aryl methyl sites for hydroxylation is 1. The van der Waals surface area contributed by atoms with Crippen molar-refractivity contribution < 1.29 is 8.83 Å². The molecule has 0 aliphatic carbocycles. The first kappa shape index (κ1) is 13.8. The first-order chi connectivity index (χ1) is 10.2. The van der Waals surface area contributed by atoms with Gasteiger partial charge in [-0.15, -0.1) is 0 Å². The second kappa shape index (κ2) is 6.06. The van der Waals surface area contributed by atoms with Crippen molar-refractivity contribution >= 4 is 0 Å². The number of hydrogen-bond donors (Lipinski definition) is 1. The van der Waals surface area contributed by atoms with Crippen LogP contribution in [-0.2, 0) is 19.6 Å². The lowest BCUT2D eigenvalue weighted by Gasteiger charge is -2.08. The van der Waals surface area contributed by atoms with Crippen LogP contribution in [0.1, 0.15) is 28.5 Å². The van der Waals surface area contributed by atoms with Gasteiger partial charge in [-0.2, -0.15) is 0 Å². The molecule has 4 heteroatoms. The Morgan fingerprint density at radius 2 is 1.71 bits per heavy atom. The van der Waals surface area contributed by atoms with Crippen LogP contribution in [-0.4, -0.2) is 4.57 Å². The summed E-state index contributed by atoms with van der Waals surface area (Å²) in [6.07, 6.45) is 3.42. The topological polar surface area (TPSA) is 43.2 Å². The van der Waals surface area contributed by atoms with E-state index >= 15 is 0 Å². The van der Waals surface area contributed by atoms with Crippen LogP contribution in [0.4, 0.5) is 0 Å². The average molecular weight is 284 g/mol. The van der Waals surface area contributed by atoms with Crippen LogP contribution in [0.15, 0.2) is 51.7 Å². The lowest BCUT2D eigenvalue weighted by atomic mass is 10.2. The summed E-state index contributed by atoms with van der Waals surface area (Å²) in [5, 5.41) is 3.41. The van der Waals surface area contributed by atoms with Crippen LogP contribution >= 0.6 is 0 Å². The van der Waals surface area contributed by atoms with Gasteiger partial charge in [0, 0.05) is 17.9 Å². The van der Waals surface area contributed by atoms with Crippen LogP contribution in [0.5, 0.6) is 0 Å². The molecule has 3 aromatic rings. The second-order valence-electron chi connectivity index (χ2n) is 5.24. The molecule has 3 heterocycles. The Kier molecular flexibility index (Phi) is 3.97. The van der Waals surface area contributed by atoms with Gasteiger partial charge in [-0.1, -0.05) is 0 Å². The zero-order chi connectivity index (χ0) is 14.7. The van der Waals surface area contributed by atoms with E-state index in [0.29, 0.717) is 0 Å². The highest BCUT2D eigenvalue weighted by molar-refractivity contribution is 5.27. The predicted octanol–water partition coefficient (Wildman–Crippen LogP) is 3.63. The van der Waals surface area contributed by atoms with Gasteiger partial charge in [0.15, 0.2) is 0 Å². The molecule has 0 fully saturated rings. The van der Waals surface area contributed by atoms with E-state index in [4.69, 9.17) is 8.83 Å². The maximum atomic E-state index is 5.44. The maximum Gasteiger partial charge on any atom is 0.123 e. The predicted molar refractivity (Wildman–Crippen MR) is 81.0 cm³/mol. The first-order valence-electron chi connectivity index (χ1n) is 7.15. The van der Waals surface area contributed by atoms with Gasteiger partial charge in [-0.05, 0) is 49.7 Å². The average Bonchev–Trinajstić information content (AvgIpc) is 3.19. The number of rotatable bonds is 6. The highest BCUT2D eigenvalue weighted by Crippen LogP contribution is 2.17. The van der Waals surface area contributed by atoms with E-state index in [0.717, 1.165) is 31.2 Å². The SMILES string of the molecule is Cc1cc(CNCc2ccco2)c(C)n1Cc1ccco1. The van der Waals surface area contributed by atoms with Crippen molar-refractivity contribution in [1.29, 1.82) is 0 Å². The zero-order valence-corrected chi connectivity index (χ0v) is 12.4. The first-order valence-corrected chi connectivity index (χ1v) is 7.15. The van der Waals surface area contributed by atoms with Crippen LogP contribution in [0.3, 0.4) is 0 Å². The molecule has 0 atom stereocenters. The van der Waals surface area contributed by atoms with Gasteiger partial charge in [-0.3, -0.25) is 0 Å². The minimum Gasteiger partial charge on any atom is -0.468 e. The van der Waals surface area contributed by atoms with E-state index < -0.39 is 0 Å². The number of furan rings is 2. The summed E-state index contributed by atoms with van der Waals surface area (Å²) < 4.78 is 13.0. The lowest BCUT2D eigenvalue weighted by Crippen LogP contribution is -2.13. The van der Waals surface area contributed by atoms with Gasteiger partial charge in [0.2, 0.25) is 0 Å². The highest BCUT2D eigenvalue weighted by atomic mass is 16.3. The molecule has 1 N–H and O–H groups in total. The fraction of sp³-hybridized carbons (Fsp3) is 0.294. The Hall–Kier alpha value is -2.20. The van der Waals surface area contributed by atoms with Gasteiger partial charge >= 0.3 is 0 Å². The van der Waals surface area contributed by atoms with E-state index in [2.05, 4.69) is 29.8 Å². The lowest BCUT2D eigenvalue weighted by molar-refractivity contribution is 0.481. The molecule has 0 unspecified atom stereocenters. The Morgan fingerprint density at radius 1 is 1.00 bits per heavy atom. The summed E-state index contributed by atoms with van der Waals surface area (Å²) in [6, 6.07) is 10.1. The van der Waals surface area contributed by atoms with Crippen LogP contribution < -0.4 is 5.32 Å². The quantitative estimate of drug-likeness (QED) is 0.751. The number of nitrogens with one attached hydrogen (secondary N) is 1. The molecule has 3 aromatic heterocycles. The Labute approximate surface area is 124 Å². The number of hydrogen-bond acceptors (Lipinski definition) is 3. The largest absolute Gasteiger partial charge is 0.468 e. The molecule has 110 valence electrons. The molecular formula is C17H20N2O2. The highest BCUT2D eigenvalue weighted by Gasteiger charge is 2.10. The normalized spacial score (nSPS) is 11.1. The smallest absolute Gasteiger partial charge is 0.123 e. The third kappa shape index (κ3) is 3.11. The zero-order valence-electron chi connectivity index (χ0n) is 12.4. The van der Waals surface area contributed by atoms with Crippen molar-refractivity contribution in [1.82, 2.24) is 9.88 Å². The molecule has 21 heavy (non-hydrogen) atoms. The maximum absolute atomic E-state index is 5.44. The van der Waals surface area contributed by atoms with Gasteiger partial charge in [0.25, 0.3) is 0 Å². The van der Waals surface area contributed by atoms with Crippen LogP contribution in [0.25, 0.3) is 0 Å². The molecule has 0 saturated carbocycles. The summed E-state index contributed by atoms with van der Waals surface area (Å²) in [5.41, 5.74) is 3.83. The van der Waals surface area contributed by atoms with Gasteiger partial charge in [0.05, 0.1) is 25.6 Å². The van der Waals surface area contributed by atoms with Crippen LogP contribution in [0.2, 0.25) is 0 Å². The van der Waals surface area contributed by atoms with Gasteiger partial charge < -0.3 is 18.7 Å². The number of aromatic nitrogens is 1. The third-order valence-electron chi connectivity index (χ3n) is 3.77. The molecular weight excluding hydrogens is 264 g/mol. The van der Waals surface area contributed by atoms with E-state index in [1.54, 1.807) is 12.5 Å². The summed E-state index contributed by atoms with van der Waals surface area (Å²) >= 11 is 0. The molecule has 0 bridgehead atoms. The fourth-order valence-electron chi connectivity index (χ4n) is 2.59. The van der Waals surface area contributed by atoms with Crippen molar-refractivity contribution in [3.05, 3.63) is 71.3 Å². The third-order valence-corrected chi connectivity index (χ3v) is 3.77. The van der Waals surface area contributed by atoms with Crippen molar-refractivity contribution in [2.45, 2.75) is 33.5 Å². The van der Waals surface area contributed by atoms with E-state index in [1.807, 2.05) is 24.3 Å². The molecule has 0 spiro atoms. The molecule has 0 radical (unpaired) electrons. The Morgan fingerprint density at radius 3 is 2.38 bits per heavy atom. The van der Waals surface area contributed by atoms with Gasteiger partial charge in [0.1, 0.15) is 11.5 Å². The summed E-state index contributed by atoms with van der Waals surface area (Å²) in [7, 11) is 0. The molecule has 0 aromatic carbocycles. The van der Waals surface area contributed by atoms with E-state index in [9.17, 15) is 0 Å². The summed E-state index contributed by atoms with van der Waals surface area (Å²) in [6.45, 7) is 6.64. The van der Waals surface area contributed by atoms with E-state index in [-0.39, 0.29) is 0 Å². The molecule has 0 saturated heterocycles. The number of nitrogens with zero attached hydrogens (tertiary/aromatic N) is 1. The van der Waals surface area contributed by atoms with Crippen molar-refractivity contribution in [2.75, 3.05) is 0 Å². The minimum atomic E-state index is 0.745. The van der Waals surface area contributed by atoms with Crippen LogP contribution in [0, 0.1) is 13.8 Å². The molecule has 0 aliphatic rings. The van der Waals surface area contributed by atoms with Gasteiger partial charge in [-0.25, -0.2) is 0 Å². The minimum absolute atomic E-state index is 0.745. The standard InChI is InChI=1S/C17H20N2O2/c1-13-9-15(10-18-11-16-5-3-7-20-16)14(2)19(13)12-17-6-4-8-21-17/h3-9,18H,10-12H2,1-2H3. The summed E-state index contributed by atoms with van der Waals surface area (Å²) in [4.78, 5) is 0. The Balaban J connectivity index is 1.66. The Bertz CT molecular complexity index is 679.